The zero-order valence-corrected chi connectivity index (χ0v) is 66.8. The lowest BCUT2D eigenvalue weighted by molar-refractivity contribution is 0.660. The van der Waals surface area contributed by atoms with Gasteiger partial charge in [0.25, 0.3) is 0 Å². The number of hydrogen-bond acceptors (Lipinski definition) is 0. The first-order valence-corrected chi connectivity index (χ1v) is 39.5. The van der Waals surface area contributed by atoms with Gasteiger partial charge in [-0.25, -0.2) is 0 Å². The summed E-state index contributed by atoms with van der Waals surface area (Å²) in [4.78, 5) is 0. The summed E-state index contributed by atoms with van der Waals surface area (Å²) in [7, 11) is 0. The van der Waals surface area contributed by atoms with Crippen molar-refractivity contribution in [2.75, 3.05) is 0 Å². The van der Waals surface area contributed by atoms with Crippen molar-refractivity contribution in [2.24, 2.45) is 0 Å². The van der Waals surface area contributed by atoms with Crippen LogP contribution < -0.4 is 0 Å². The molecule has 0 nitrogen and oxygen atoms in total. The molecule has 0 aromatic heterocycles. The van der Waals surface area contributed by atoms with Crippen molar-refractivity contribution >= 4 is 0 Å². The van der Waals surface area contributed by atoms with Crippen LogP contribution in [0.1, 0.15) is 153 Å². The standard InChI is InChI=1S/5C22H20/c1-15-8-6-9-16(14-15)17-11-7-13-20-21(17)18-10-4-5-12-19(18)22(20,2)3;1-15-8-4-5-9-17(15)16-12-13-19-18-10-6-7-11-20(18)22(2,3)21(19)14-16;1-15-11-13-16(14-12-15)17-8-6-10-20-21(17)18-7-4-5-9-19(18)22(20,2)3;1-15-8-7-11-19-21(15)18-13-12-17(14-20(18)22(19,2)3)16-9-5-4-6-10-16;1-15-9-12-20-19(13-15)18-11-10-17(14-21(18)22(20,2)3)16-7-5-4-6-8-16/h5*4-14H,1-3H3. The zero-order valence-electron chi connectivity index (χ0n) is 66.8. The van der Waals surface area contributed by atoms with Crippen LogP contribution >= 0.6 is 0 Å². The summed E-state index contributed by atoms with van der Waals surface area (Å²) in [6.45, 7) is 34.2. The summed E-state index contributed by atoms with van der Waals surface area (Å²) >= 11 is 0. The maximum absolute atomic E-state index is 2.39. The summed E-state index contributed by atoms with van der Waals surface area (Å²) in [6.07, 6.45) is 0. The number of rotatable bonds is 5. The number of hydrogen-bond donors (Lipinski definition) is 0. The van der Waals surface area contributed by atoms with E-state index in [1.807, 2.05) is 0 Å². The summed E-state index contributed by atoms with van der Waals surface area (Å²) < 4.78 is 0. The van der Waals surface area contributed by atoms with Crippen molar-refractivity contribution in [1.82, 2.24) is 0 Å². The molecule has 0 amide bonds. The minimum atomic E-state index is 0.0709. The van der Waals surface area contributed by atoms with E-state index >= 15 is 0 Å². The summed E-state index contributed by atoms with van der Waals surface area (Å²) in [5.74, 6) is 0. The fourth-order valence-electron chi connectivity index (χ4n) is 18.8. The van der Waals surface area contributed by atoms with Crippen LogP contribution in [-0.4, -0.2) is 0 Å². The average molecular weight is 1420 g/mol. The van der Waals surface area contributed by atoms with Gasteiger partial charge in [0.1, 0.15) is 0 Å². The minimum absolute atomic E-state index is 0.0709. The molecule has 0 heteroatoms. The van der Waals surface area contributed by atoms with Crippen molar-refractivity contribution in [3.05, 3.63) is 417 Å². The van der Waals surface area contributed by atoms with E-state index in [1.165, 1.54) is 195 Å². The van der Waals surface area contributed by atoms with Gasteiger partial charge in [-0.3, -0.25) is 0 Å². The second-order valence-corrected chi connectivity index (χ2v) is 33.8. The highest BCUT2D eigenvalue weighted by molar-refractivity contribution is 5.95. The first kappa shape index (κ1) is 72.5. The molecule has 15 aromatic carbocycles. The molecule has 5 aliphatic carbocycles. The molecule has 0 radical (unpaired) electrons. The molecule has 0 heterocycles. The van der Waals surface area contributed by atoms with Crippen LogP contribution in [0.3, 0.4) is 0 Å². The third-order valence-corrected chi connectivity index (χ3v) is 24.9. The van der Waals surface area contributed by atoms with Crippen molar-refractivity contribution in [2.45, 2.75) is 131 Å². The highest BCUT2D eigenvalue weighted by Gasteiger charge is 2.41. The number of benzene rings is 15. The van der Waals surface area contributed by atoms with Crippen LogP contribution in [0.15, 0.2) is 334 Å². The lowest BCUT2D eigenvalue weighted by atomic mass is 9.81. The van der Waals surface area contributed by atoms with Crippen molar-refractivity contribution < 1.29 is 0 Å². The molecule has 0 N–H and O–H groups in total. The molecular weight excluding hydrogens is 1320 g/mol. The Bertz CT molecular complexity index is 6020. The van der Waals surface area contributed by atoms with E-state index in [9.17, 15) is 0 Å². The fraction of sp³-hybridized carbons (Fsp3) is 0.182. The summed E-state index contributed by atoms with van der Waals surface area (Å²) in [5.41, 5.74) is 48.5. The molecule has 15 aromatic rings. The highest BCUT2D eigenvalue weighted by atomic mass is 14.4. The molecule has 0 fully saturated rings. The maximum atomic E-state index is 2.39. The molecule has 0 aliphatic heterocycles. The smallest absolute Gasteiger partial charge is 0.0159 e. The normalized spacial score (nSPS) is 14.5. The first-order chi connectivity index (χ1) is 52.9. The predicted molar refractivity (Wildman–Crippen MR) is 471 cm³/mol. The Hall–Kier alpha value is -11.7. The van der Waals surface area contributed by atoms with E-state index in [4.69, 9.17) is 0 Å². The third-order valence-electron chi connectivity index (χ3n) is 24.9. The molecule has 20 rings (SSSR count). The summed E-state index contributed by atoms with van der Waals surface area (Å²) in [5, 5.41) is 0. The van der Waals surface area contributed by atoms with E-state index in [-0.39, 0.29) is 27.1 Å². The quantitative estimate of drug-likeness (QED) is 0.161. The van der Waals surface area contributed by atoms with Gasteiger partial charge < -0.3 is 0 Å². The van der Waals surface area contributed by atoms with Crippen molar-refractivity contribution in [3.63, 3.8) is 0 Å². The zero-order chi connectivity index (χ0) is 76.6. The minimum Gasteiger partial charge on any atom is -0.0622 e. The number of aryl methyl sites for hydroxylation is 5. The second kappa shape index (κ2) is 28.4. The Morgan fingerprint density at radius 1 is 0.145 bits per heavy atom. The second-order valence-electron chi connectivity index (χ2n) is 33.8. The Labute approximate surface area is 655 Å². The van der Waals surface area contributed by atoms with Gasteiger partial charge in [-0.05, 0) is 231 Å². The van der Waals surface area contributed by atoms with E-state index in [0.29, 0.717) is 0 Å². The van der Waals surface area contributed by atoms with E-state index in [0.717, 1.165) is 0 Å². The Morgan fingerprint density at radius 2 is 0.455 bits per heavy atom. The van der Waals surface area contributed by atoms with Gasteiger partial charge in [0.05, 0.1) is 0 Å². The molecule has 540 valence electrons. The first-order valence-electron chi connectivity index (χ1n) is 39.5. The molecule has 0 saturated heterocycles. The van der Waals surface area contributed by atoms with Gasteiger partial charge in [0.2, 0.25) is 0 Å². The fourth-order valence-corrected chi connectivity index (χ4v) is 18.8. The Kier molecular flexibility index (Phi) is 18.7. The lowest BCUT2D eigenvalue weighted by Crippen LogP contribution is -2.15. The van der Waals surface area contributed by atoms with Crippen LogP contribution in [0, 0.1) is 34.6 Å². The molecule has 0 bridgehead atoms. The average Bonchev–Trinajstić information content (AvgIpc) is 1.60. The maximum Gasteiger partial charge on any atom is 0.0159 e. The topological polar surface area (TPSA) is 0 Å². The molecular formula is C110H100. The molecule has 5 aliphatic rings. The van der Waals surface area contributed by atoms with E-state index in [2.05, 4.69) is 438 Å². The van der Waals surface area contributed by atoms with Gasteiger partial charge in [-0.1, -0.05) is 401 Å². The molecule has 110 heavy (non-hydrogen) atoms. The molecule has 0 atom stereocenters. The van der Waals surface area contributed by atoms with Crippen LogP contribution in [0.4, 0.5) is 0 Å². The highest BCUT2D eigenvalue weighted by Crippen LogP contribution is 2.56. The van der Waals surface area contributed by atoms with Gasteiger partial charge in [0.15, 0.2) is 0 Å². The third kappa shape index (κ3) is 12.7. The molecule has 0 spiro atoms. The van der Waals surface area contributed by atoms with Gasteiger partial charge in [-0.2, -0.15) is 0 Å². The van der Waals surface area contributed by atoms with Crippen LogP contribution in [-0.2, 0) is 27.1 Å². The predicted octanol–water partition coefficient (Wildman–Crippen LogP) is 29.8. The largest absolute Gasteiger partial charge is 0.0622 e. The lowest BCUT2D eigenvalue weighted by Gasteiger charge is -2.22. The molecule has 0 saturated carbocycles. The summed E-state index contributed by atoms with van der Waals surface area (Å²) in [6, 6.07) is 122. The monoisotopic (exact) mass is 1420 g/mol. The van der Waals surface area contributed by atoms with E-state index < -0.39 is 0 Å². The molecule has 0 unspecified atom stereocenters. The Morgan fingerprint density at radius 3 is 1.00 bits per heavy atom. The van der Waals surface area contributed by atoms with E-state index in [1.54, 1.807) is 0 Å². The van der Waals surface area contributed by atoms with Gasteiger partial charge in [-0.15, -0.1) is 0 Å². The SMILES string of the molecule is Cc1ccc(-c2cccc3c2-c2ccccc2C3(C)C)cc1.Cc1ccc2c(c1)-c1ccc(-c3ccccc3)cc1C2(C)C.Cc1cccc(-c2cccc3c2-c2ccccc2C3(C)C)c1.Cc1cccc2c1-c1ccc(-c3ccccc3)cc1C2(C)C.Cc1ccccc1-c1ccc2c(c1)C(C)(C)c1ccccc1-2. The van der Waals surface area contributed by atoms with Crippen molar-refractivity contribution in [1.29, 1.82) is 0 Å². The van der Waals surface area contributed by atoms with Crippen molar-refractivity contribution in [3.8, 4) is 111 Å². The van der Waals surface area contributed by atoms with Crippen LogP contribution in [0.25, 0.3) is 111 Å². The van der Waals surface area contributed by atoms with Gasteiger partial charge in [0, 0.05) is 27.1 Å². The van der Waals surface area contributed by atoms with Crippen LogP contribution in [0.2, 0.25) is 0 Å². The van der Waals surface area contributed by atoms with Gasteiger partial charge >= 0.3 is 0 Å². The van der Waals surface area contributed by atoms with Crippen LogP contribution in [0.5, 0.6) is 0 Å². The Balaban J connectivity index is 0.000000104. The number of fused-ring (bicyclic) bond motifs is 15.